The van der Waals surface area contributed by atoms with Crippen LogP contribution in [0.4, 0.5) is 16.4 Å². The first-order valence-electron chi connectivity index (χ1n) is 9.62. The highest BCUT2D eigenvalue weighted by atomic mass is 32.1. The zero-order chi connectivity index (χ0) is 22.0. The van der Waals surface area contributed by atoms with E-state index in [1.54, 1.807) is 12.1 Å². The summed E-state index contributed by atoms with van der Waals surface area (Å²) < 4.78 is 4.98. The Bertz CT molecular complexity index is 1170. The Balaban J connectivity index is 1.63. The molecular formula is C22H19N3O5S. The summed E-state index contributed by atoms with van der Waals surface area (Å²) in [5.41, 5.74) is 1.88. The van der Waals surface area contributed by atoms with Gasteiger partial charge in [0.15, 0.2) is 5.75 Å². The van der Waals surface area contributed by atoms with Gasteiger partial charge >= 0.3 is 5.69 Å². The highest BCUT2D eigenvalue weighted by Crippen LogP contribution is 2.40. The molecule has 0 unspecified atom stereocenters. The quantitative estimate of drug-likeness (QED) is 0.430. The van der Waals surface area contributed by atoms with Gasteiger partial charge in [0, 0.05) is 22.2 Å². The summed E-state index contributed by atoms with van der Waals surface area (Å²) in [4.78, 5) is 37.6. The number of nitrogens with zero attached hydrogens (tertiary/aromatic N) is 1. The van der Waals surface area contributed by atoms with Gasteiger partial charge in [0.25, 0.3) is 11.8 Å². The smallest absolute Gasteiger partial charge is 0.311 e. The van der Waals surface area contributed by atoms with Crippen molar-refractivity contribution in [1.82, 2.24) is 0 Å². The maximum atomic E-state index is 13.0. The molecule has 2 N–H and O–H groups in total. The molecule has 0 saturated heterocycles. The van der Waals surface area contributed by atoms with Gasteiger partial charge in [0.1, 0.15) is 5.00 Å². The van der Waals surface area contributed by atoms with E-state index in [4.69, 9.17) is 4.74 Å². The largest absolute Gasteiger partial charge is 0.490 e. The Hall–Kier alpha value is -3.72. The van der Waals surface area contributed by atoms with E-state index in [9.17, 15) is 19.7 Å². The molecule has 4 rings (SSSR count). The molecule has 8 nitrogen and oxygen atoms in total. The van der Waals surface area contributed by atoms with E-state index in [0.29, 0.717) is 16.3 Å². The van der Waals surface area contributed by atoms with Crippen LogP contribution in [0.15, 0.2) is 48.5 Å². The molecule has 0 aliphatic heterocycles. The molecule has 0 saturated carbocycles. The number of aryl methyl sites for hydroxylation is 1. The van der Waals surface area contributed by atoms with Crippen molar-refractivity contribution in [2.45, 2.75) is 19.3 Å². The van der Waals surface area contributed by atoms with Crippen LogP contribution < -0.4 is 15.4 Å². The van der Waals surface area contributed by atoms with Gasteiger partial charge in [-0.05, 0) is 49.1 Å². The van der Waals surface area contributed by atoms with Crippen molar-refractivity contribution in [3.8, 4) is 5.75 Å². The third-order valence-electron chi connectivity index (χ3n) is 5.04. The fourth-order valence-corrected chi connectivity index (χ4v) is 4.88. The van der Waals surface area contributed by atoms with E-state index in [1.807, 2.05) is 18.2 Å². The zero-order valence-electron chi connectivity index (χ0n) is 16.6. The van der Waals surface area contributed by atoms with E-state index in [-0.39, 0.29) is 22.9 Å². The van der Waals surface area contributed by atoms with Gasteiger partial charge in [-0.3, -0.25) is 19.7 Å². The molecule has 9 heteroatoms. The fourth-order valence-electron chi connectivity index (χ4n) is 3.60. The first-order chi connectivity index (χ1) is 15.0. The number of ether oxygens (including phenoxy) is 1. The second kappa shape index (κ2) is 8.57. The van der Waals surface area contributed by atoms with Crippen LogP contribution >= 0.6 is 11.3 Å². The van der Waals surface area contributed by atoms with E-state index in [1.165, 1.54) is 36.6 Å². The highest BCUT2D eigenvalue weighted by Gasteiger charge is 2.28. The van der Waals surface area contributed by atoms with Crippen molar-refractivity contribution in [3.05, 3.63) is 80.2 Å². The summed E-state index contributed by atoms with van der Waals surface area (Å²) in [5, 5.41) is 17.4. The summed E-state index contributed by atoms with van der Waals surface area (Å²) in [5.74, 6) is -0.749. The fraction of sp³-hybridized carbons (Fsp3) is 0.182. The molecule has 1 aliphatic rings. The lowest BCUT2D eigenvalue weighted by Crippen LogP contribution is -2.18. The average Bonchev–Trinajstić information content (AvgIpc) is 3.34. The number of rotatable bonds is 6. The van der Waals surface area contributed by atoms with Crippen LogP contribution in [-0.4, -0.2) is 23.8 Å². The van der Waals surface area contributed by atoms with Crippen molar-refractivity contribution in [2.75, 3.05) is 17.7 Å². The number of carbonyl (C=O) groups is 2. The minimum atomic E-state index is -0.603. The molecule has 2 aromatic carbocycles. The first kappa shape index (κ1) is 20.5. The molecule has 158 valence electrons. The molecule has 1 aromatic heterocycles. The lowest BCUT2D eigenvalue weighted by molar-refractivity contribution is -0.385. The number of nitrogens with one attached hydrogen (secondary N) is 2. The van der Waals surface area contributed by atoms with Gasteiger partial charge in [0.05, 0.1) is 17.6 Å². The van der Waals surface area contributed by atoms with E-state index < -0.39 is 10.8 Å². The van der Waals surface area contributed by atoms with Gasteiger partial charge in [0.2, 0.25) is 0 Å². The summed E-state index contributed by atoms with van der Waals surface area (Å²) >= 11 is 1.38. The van der Waals surface area contributed by atoms with Crippen LogP contribution in [0.5, 0.6) is 5.75 Å². The number of benzene rings is 2. The minimum absolute atomic E-state index is 0.0691. The number of hydrogen-bond donors (Lipinski definition) is 2. The number of nitro groups is 1. The molecular weight excluding hydrogens is 418 g/mol. The Kier molecular flexibility index (Phi) is 5.68. The number of hydrogen-bond acceptors (Lipinski definition) is 6. The third-order valence-corrected chi connectivity index (χ3v) is 6.25. The van der Waals surface area contributed by atoms with Crippen LogP contribution in [0.1, 0.15) is 37.6 Å². The maximum Gasteiger partial charge on any atom is 0.311 e. The summed E-state index contributed by atoms with van der Waals surface area (Å²) in [6.07, 6.45) is 2.59. The van der Waals surface area contributed by atoms with Crippen LogP contribution in [0, 0.1) is 10.1 Å². The summed E-state index contributed by atoms with van der Waals surface area (Å²) in [6.45, 7) is 0. The van der Waals surface area contributed by atoms with Gasteiger partial charge < -0.3 is 15.4 Å². The van der Waals surface area contributed by atoms with Crippen LogP contribution in [0.3, 0.4) is 0 Å². The Morgan fingerprint density at radius 3 is 2.55 bits per heavy atom. The van der Waals surface area contributed by atoms with Crippen LogP contribution in [0.25, 0.3) is 0 Å². The molecule has 0 bridgehead atoms. The number of thiophene rings is 1. The first-order valence-corrected chi connectivity index (χ1v) is 10.4. The molecule has 0 radical (unpaired) electrons. The maximum absolute atomic E-state index is 13.0. The van der Waals surface area contributed by atoms with Gasteiger partial charge in [-0.2, -0.15) is 0 Å². The van der Waals surface area contributed by atoms with Crippen molar-refractivity contribution in [3.63, 3.8) is 0 Å². The lowest BCUT2D eigenvalue weighted by Gasteiger charge is -2.10. The minimum Gasteiger partial charge on any atom is -0.490 e. The number of amides is 2. The van der Waals surface area contributed by atoms with Gasteiger partial charge in [-0.1, -0.05) is 18.2 Å². The average molecular weight is 437 g/mol. The Morgan fingerprint density at radius 2 is 1.84 bits per heavy atom. The van der Waals surface area contributed by atoms with Crippen molar-refractivity contribution in [2.24, 2.45) is 0 Å². The SMILES string of the molecule is COc1ccc(C(=O)Nc2sc3c(c2C(=O)Nc2ccccc2)CCC3)cc1[N+](=O)[O-]. The molecule has 3 aromatic rings. The molecule has 0 atom stereocenters. The van der Waals surface area contributed by atoms with E-state index in [2.05, 4.69) is 10.6 Å². The Morgan fingerprint density at radius 1 is 1.06 bits per heavy atom. The zero-order valence-corrected chi connectivity index (χ0v) is 17.5. The standard InChI is InChI=1S/C22H19N3O5S/c1-30-17-11-10-13(12-16(17)25(28)29)20(26)24-22-19(15-8-5-9-18(15)31-22)21(27)23-14-6-3-2-4-7-14/h2-4,6-7,10-12H,5,8-9H2,1H3,(H,23,27)(H,24,26). The predicted molar refractivity (Wildman–Crippen MR) is 118 cm³/mol. The number of anilines is 2. The van der Waals surface area contributed by atoms with Gasteiger partial charge in [-0.25, -0.2) is 0 Å². The van der Waals surface area contributed by atoms with Crippen LogP contribution in [0.2, 0.25) is 0 Å². The topological polar surface area (TPSA) is 111 Å². The second-order valence-electron chi connectivity index (χ2n) is 6.98. The molecule has 31 heavy (non-hydrogen) atoms. The Labute approximate surface area is 182 Å². The molecule has 1 heterocycles. The van der Waals surface area contributed by atoms with E-state index >= 15 is 0 Å². The molecule has 2 amide bonds. The normalized spacial score (nSPS) is 12.2. The molecule has 0 spiro atoms. The summed E-state index contributed by atoms with van der Waals surface area (Å²) in [7, 11) is 1.33. The monoisotopic (exact) mass is 437 g/mol. The highest BCUT2D eigenvalue weighted by molar-refractivity contribution is 7.17. The number of para-hydroxylation sites is 1. The molecule has 0 fully saturated rings. The summed E-state index contributed by atoms with van der Waals surface area (Å²) in [6, 6.07) is 13.1. The number of methoxy groups -OCH3 is 1. The van der Waals surface area contributed by atoms with E-state index in [0.717, 1.165) is 29.7 Å². The number of nitro benzene ring substituents is 1. The third kappa shape index (κ3) is 4.13. The second-order valence-corrected chi connectivity index (χ2v) is 8.08. The molecule has 1 aliphatic carbocycles. The van der Waals surface area contributed by atoms with Gasteiger partial charge in [-0.15, -0.1) is 11.3 Å². The number of carbonyl (C=O) groups excluding carboxylic acids is 2. The van der Waals surface area contributed by atoms with Crippen LogP contribution in [-0.2, 0) is 12.8 Å². The lowest BCUT2D eigenvalue weighted by atomic mass is 10.1. The van der Waals surface area contributed by atoms with Crippen molar-refractivity contribution >= 4 is 39.5 Å². The predicted octanol–water partition coefficient (Wildman–Crippen LogP) is 4.66. The van der Waals surface area contributed by atoms with Crippen molar-refractivity contribution in [1.29, 1.82) is 0 Å². The van der Waals surface area contributed by atoms with Crippen molar-refractivity contribution < 1.29 is 19.2 Å². The number of fused-ring (bicyclic) bond motifs is 1.